The van der Waals surface area contributed by atoms with Gasteiger partial charge in [-0.2, -0.15) is 19.9 Å². The Balaban J connectivity index is 1.70. The smallest absolute Gasteiger partial charge is 0.294 e. The molecule has 0 bridgehead atoms. The lowest BCUT2D eigenvalue weighted by atomic mass is 10.3. The maximum Gasteiger partial charge on any atom is 0.294 e. The molecule has 0 aliphatic rings. The molecule has 4 rings (SSSR count). The number of nitrogen functional groups attached to an aromatic ring is 1. The van der Waals surface area contributed by atoms with Crippen LogP contribution in [0, 0.1) is 5.82 Å². The lowest BCUT2D eigenvalue weighted by Gasteiger charge is -2.17. The minimum atomic E-state index is -0.377. The average molecular weight is 353 g/mol. The maximum atomic E-state index is 13.5. The van der Waals surface area contributed by atoms with Gasteiger partial charge in [-0.05, 0) is 30.3 Å². The highest BCUT2D eigenvalue weighted by Crippen LogP contribution is 2.24. The topological polar surface area (TPSA) is 120 Å². The highest BCUT2D eigenvalue weighted by molar-refractivity contribution is 5.59. The van der Waals surface area contributed by atoms with Crippen molar-refractivity contribution in [2.24, 2.45) is 0 Å². The Morgan fingerprint density at radius 3 is 2.69 bits per heavy atom. The number of hydrogen-bond acceptors (Lipinski definition) is 9. The van der Waals surface area contributed by atoms with E-state index in [1.807, 2.05) is 0 Å². The van der Waals surface area contributed by atoms with Gasteiger partial charge in [0.15, 0.2) is 5.76 Å². The molecule has 9 nitrogen and oxygen atoms in total. The van der Waals surface area contributed by atoms with Gasteiger partial charge in [0.2, 0.25) is 23.5 Å². The van der Waals surface area contributed by atoms with E-state index < -0.39 is 0 Å². The molecule has 0 aliphatic carbocycles. The van der Waals surface area contributed by atoms with Crippen LogP contribution in [0.5, 0.6) is 0 Å². The predicted octanol–water partition coefficient (Wildman–Crippen LogP) is 2.67. The number of rotatable bonds is 4. The molecule has 130 valence electrons. The Morgan fingerprint density at radius 2 is 1.92 bits per heavy atom. The van der Waals surface area contributed by atoms with Gasteiger partial charge in [-0.25, -0.2) is 4.39 Å². The van der Waals surface area contributed by atoms with Gasteiger partial charge in [-0.15, -0.1) is 0 Å². The number of furan rings is 1. The lowest BCUT2D eigenvalue weighted by molar-refractivity contribution is 0.416. The summed E-state index contributed by atoms with van der Waals surface area (Å²) in [5.41, 5.74) is 6.32. The molecular weight excluding hydrogens is 341 g/mol. The molecule has 26 heavy (non-hydrogen) atoms. The van der Waals surface area contributed by atoms with Gasteiger partial charge in [-0.1, -0.05) is 11.2 Å². The summed E-state index contributed by atoms with van der Waals surface area (Å²) in [6.45, 7) is 0. The fourth-order valence-corrected chi connectivity index (χ4v) is 2.25. The Bertz CT molecular complexity index is 1050. The van der Waals surface area contributed by atoms with Crippen LogP contribution in [-0.2, 0) is 0 Å². The molecule has 0 saturated carbocycles. The first-order valence-electron chi connectivity index (χ1n) is 7.49. The van der Waals surface area contributed by atoms with Gasteiger partial charge in [0.05, 0.1) is 6.26 Å². The van der Waals surface area contributed by atoms with Gasteiger partial charge < -0.3 is 19.6 Å². The van der Waals surface area contributed by atoms with Crippen molar-refractivity contribution in [1.82, 2.24) is 25.1 Å². The predicted molar refractivity (Wildman–Crippen MR) is 89.7 cm³/mol. The SMILES string of the molecule is CN(c1cccc(F)c1)c1nc(N)nc(-c2noc(-c3ccco3)n2)n1. The third kappa shape index (κ3) is 2.95. The minimum Gasteiger partial charge on any atom is -0.459 e. The Morgan fingerprint density at radius 1 is 1.04 bits per heavy atom. The normalized spacial score (nSPS) is 10.8. The van der Waals surface area contributed by atoms with Crippen LogP contribution < -0.4 is 10.6 Å². The largest absolute Gasteiger partial charge is 0.459 e. The molecule has 10 heteroatoms. The van der Waals surface area contributed by atoms with E-state index >= 15 is 0 Å². The average Bonchev–Trinajstić information content (AvgIpc) is 3.32. The van der Waals surface area contributed by atoms with Crippen LogP contribution in [0.3, 0.4) is 0 Å². The first-order valence-corrected chi connectivity index (χ1v) is 7.49. The zero-order valence-electron chi connectivity index (χ0n) is 13.5. The van der Waals surface area contributed by atoms with E-state index in [0.717, 1.165) is 0 Å². The molecule has 0 aliphatic heterocycles. The number of anilines is 3. The van der Waals surface area contributed by atoms with Crippen molar-refractivity contribution in [3.8, 4) is 23.3 Å². The fourth-order valence-electron chi connectivity index (χ4n) is 2.25. The molecule has 0 fully saturated rings. The van der Waals surface area contributed by atoms with E-state index in [2.05, 4.69) is 25.1 Å². The third-order valence-electron chi connectivity index (χ3n) is 3.49. The molecule has 4 aromatic rings. The van der Waals surface area contributed by atoms with Crippen molar-refractivity contribution in [1.29, 1.82) is 0 Å². The standard InChI is InChI=1S/C16H12FN7O2/c1-24(10-5-2-4-9(17)8-10)16-21-12(20-15(18)22-16)13-19-14(26-23-13)11-6-3-7-25-11/h2-8H,1H3,(H2,18,20,21,22). The first kappa shape index (κ1) is 15.7. The summed E-state index contributed by atoms with van der Waals surface area (Å²) in [4.78, 5) is 18.2. The third-order valence-corrected chi connectivity index (χ3v) is 3.49. The summed E-state index contributed by atoms with van der Waals surface area (Å²) >= 11 is 0. The Labute approximate surface area is 146 Å². The fraction of sp³-hybridized carbons (Fsp3) is 0.0625. The first-order chi connectivity index (χ1) is 12.6. The number of halogens is 1. The summed E-state index contributed by atoms with van der Waals surface area (Å²) in [6, 6.07) is 9.38. The van der Waals surface area contributed by atoms with Crippen LogP contribution in [0.1, 0.15) is 0 Å². The lowest BCUT2D eigenvalue weighted by Crippen LogP contribution is -2.15. The van der Waals surface area contributed by atoms with Gasteiger partial charge in [0.25, 0.3) is 5.89 Å². The van der Waals surface area contributed by atoms with Gasteiger partial charge >= 0.3 is 0 Å². The molecule has 0 amide bonds. The van der Waals surface area contributed by atoms with Crippen LogP contribution in [0.4, 0.5) is 22.0 Å². The molecule has 2 N–H and O–H groups in total. The van der Waals surface area contributed by atoms with Crippen molar-refractivity contribution in [2.45, 2.75) is 0 Å². The van der Waals surface area contributed by atoms with Crippen LogP contribution in [0.25, 0.3) is 23.3 Å². The molecule has 3 heterocycles. The van der Waals surface area contributed by atoms with E-state index in [1.165, 1.54) is 18.4 Å². The second-order valence-corrected chi connectivity index (χ2v) is 5.26. The summed E-state index contributed by atoms with van der Waals surface area (Å²) < 4.78 is 23.8. The van der Waals surface area contributed by atoms with Crippen molar-refractivity contribution in [3.63, 3.8) is 0 Å². The Hall–Kier alpha value is -3.82. The number of benzene rings is 1. The summed E-state index contributed by atoms with van der Waals surface area (Å²) in [6.07, 6.45) is 1.49. The van der Waals surface area contributed by atoms with Crippen LogP contribution in [0.2, 0.25) is 0 Å². The number of nitrogens with zero attached hydrogens (tertiary/aromatic N) is 6. The molecule has 0 spiro atoms. The van der Waals surface area contributed by atoms with E-state index in [9.17, 15) is 4.39 Å². The van der Waals surface area contributed by atoms with Crippen molar-refractivity contribution < 1.29 is 13.3 Å². The second-order valence-electron chi connectivity index (χ2n) is 5.26. The van der Waals surface area contributed by atoms with Crippen LogP contribution in [-0.4, -0.2) is 32.1 Å². The minimum absolute atomic E-state index is 0.0300. The summed E-state index contributed by atoms with van der Waals surface area (Å²) in [7, 11) is 1.68. The summed E-state index contributed by atoms with van der Waals surface area (Å²) in [5, 5.41) is 3.84. The molecule has 0 atom stereocenters. The zero-order valence-corrected chi connectivity index (χ0v) is 13.5. The molecule has 1 aromatic carbocycles. The monoisotopic (exact) mass is 353 g/mol. The maximum absolute atomic E-state index is 13.5. The second kappa shape index (κ2) is 6.24. The van der Waals surface area contributed by atoms with E-state index in [4.69, 9.17) is 14.7 Å². The molecule has 3 aromatic heterocycles. The number of hydrogen-bond donors (Lipinski definition) is 1. The number of nitrogens with two attached hydrogens (primary N) is 1. The van der Waals surface area contributed by atoms with Crippen molar-refractivity contribution in [2.75, 3.05) is 17.7 Å². The molecule has 0 radical (unpaired) electrons. The van der Waals surface area contributed by atoms with Crippen molar-refractivity contribution >= 4 is 17.6 Å². The van der Waals surface area contributed by atoms with Crippen LogP contribution >= 0.6 is 0 Å². The molecule has 0 unspecified atom stereocenters. The van der Waals surface area contributed by atoms with E-state index in [1.54, 1.807) is 36.2 Å². The number of aromatic nitrogens is 5. The zero-order chi connectivity index (χ0) is 18.1. The highest BCUT2D eigenvalue weighted by Gasteiger charge is 2.18. The van der Waals surface area contributed by atoms with Gasteiger partial charge in [-0.3, -0.25) is 0 Å². The van der Waals surface area contributed by atoms with Gasteiger partial charge in [0.1, 0.15) is 5.82 Å². The Kier molecular flexibility index (Phi) is 3.77. The molecule has 0 saturated heterocycles. The van der Waals surface area contributed by atoms with E-state index in [0.29, 0.717) is 11.4 Å². The highest BCUT2D eigenvalue weighted by atomic mass is 19.1. The van der Waals surface area contributed by atoms with Crippen LogP contribution in [0.15, 0.2) is 51.6 Å². The van der Waals surface area contributed by atoms with Crippen molar-refractivity contribution in [3.05, 3.63) is 48.5 Å². The quantitative estimate of drug-likeness (QED) is 0.590. The van der Waals surface area contributed by atoms with Gasteiger partial charge in [0, 0.05) is 12.7 Å². The summed E-state index contributed by atoms with van der Waals surface area (Å²) in [5.74, 6) is 0.654. The molecular formula is C16H12FN7O2. The van der Waals surface area contributed by atoms with E-state index in [-0.39, 0.29) is 35.3 Å².